The van der Waals surface area contributed by atoms with Gasteiger partial charge in [-0.1, -0.05) is 36.4 Å². The molecule has 2 heteroatoms. The van der Waals surface area contributed by atoms with E-state index < -0.39 is 0 Å². The summed E-state index contributed by atoms with van der Waals surface area (Å²) >= 11 is 0. The number of benzene rings is 2. The molecule has 0 aliphatic carbocycles. The van der Waals surface area contributed by atoms with Gasteiger partial charge in [-0.3, -0.25) is 0 Å². The van der Waals surface area contributed by atoms with E-state index in [1.165, 1.54) is 10.8 Å². The Balaban J connectivity index is 2.38. The highest BCUT2D eigenvalue weighted by molar-refractivity contribution is 5.83. The molecule has 0 radical (unpaired) electrons. The van der Waals surface area contributed by atoms with E-state index >= 15 is 0 Å². The van der Waals surface area contributed by atoms with Crippen LogP contribution in [0.25, 0.3) is 10.8 Å². The van der Waals surface area contributed by atoms with Crippen LogP contribution in [0.5, 0.6) is 0 Å². The summed E-state index contributed by atoms with van der Waals surface area (Å²) in [4.78, 5) is 0. The maximum absolute atomic E-state index is 8.83. The summed E-state index contributed by atoms with van der Waals surface area (Å²) in [6.45, 7) is 0.133. The van der Waals surface area contributed by atoms with Gasteiger partial charge in [0.25, 0.3) is 0 Å². The molecule has 0 aromatic heterocycles. The Morgan fingerprint density at radius 3 is 2.53 bits per heavy atom. The maximum atomic E-state index is 8.83. The third-order valence-electron chi connectivity index (χ3n) is 2.64. The first-order valence-corrected chi connectivity index (χ1v) is 5.16. The Morgan fingerprint density at radius 2 is 1.80 bits per heavy atom. The van der Waals surface area contributed by atoms with Crippen LogP contribution < -0.4 is 5.73 Å². The lowest BCUT2D eigenvalue weighted by molar-refractivity contribution is 0.276. The standard InChI is InChI=1S/C13H15NO/c14-13(7-8-15)12-6-5-10-3-1-2-4-11(10)9-12/h1-6,9,13,15H,7-8,14H2/t13-/m1/s1. The Hall–Kier alpha value is -1.38. The van der Waals surface area contributed by atoms with Gasteiger partial charge >= 0.3 is 0 Å². The Morgan fingerprint density at radius 1 is 1.07 bits per heavy atom. The molecule has 0 spiro atoms. The molecule has 0 aliphatic heterocycles. The molecule has 0 heterocycles. The number of nitrogens with two attached hydrogens (primary N) is 1. The molecule has 78 valence electrons. The average molecular weight is 201 g/mol. The summed E-state index contributed by atoms with van der Waals surface area (Å²) in [5.74, 6) is 0. The first-order valence-electron chi connectivity index (χ1n) is 5.16. The highest BCUT2D eigenvalue weighted by atomic mass is 16.3. The normalized spacial score (nSPS) is 12.9. The van der Waals surface area contributed by atoms with Gasteiger partial charge in [-0.05, 0) is 28.8 Å². The zero-order valence-electron chi connectivity index (χ0n) is 8.56. The van der Waals surface area contributed by atoms with E-state index in [1.54, 1.807) is 0 Å². The van der Waals surface area contributed by atoms with Crippen molar-refractivity contribution >= 4 is 10.8 Å². The first kappa shape index (κ1) is 10.1. The zero-order valence-corrected chi connectivity index (χ0v) is 8.56. The monoisotopic (exact) mass is 201 g/mol. The number of hydrogen-bond donors (Lipinski definition) is 2. The minimum atomic E-state index is -0.0698. The van der Waals surface area contributed by atoms with Gasteiger partial charge in [-0.2, -0.15) is 0 Å². The lowest BCUT2D eigenvalue weighted by Gasteiger charge is -2.11. The van der Waals surface area contributed by atoms with Crippen molar-refractivity contribution in [1.29, 1.82) is 0 Å². The van der Waals surface area contributed by atoms with Crippen LogP contribution in [0.2, 0.25) is 0 Å². The molecule has 0 unspecified atom stereocenters. The summed E-state index contributed by atoms with van der Waals surface area (Å²) < 4.78 is 0. The number of aliphatic hydroxyl groups is 1. The maximum Gasteiger partial charge on any atom is 0.0449 e. The topological polar surface area (TPSA) is 46.2 Å². The van der Waals surface area contributed by atoms with Gasteiger partial charge in [-0.25, -0.2) is 0 Å². The van der Waals surface area contributed by atoms with E-state index in [4.69, 9.17) is 10.8 Å². The highest BCUT2D eigenvalue weighted by Crippen LogP contribution is 2.20. The molecule has 2 nitrogen and oxygen atoms in total. The van der Waals surface area contributed by atoms with Crippen LogP contribution in [-0.4, -0.2) is 11.7 Å². The molecule has 15 heavy (non-hydrogen) atoms. The fourth-order valence-electron chi connectivity index (χ4n) is 1.74. The van der Waals surface area contributed by atoms with Gasteiger partial charge in [0.05, 0.1) is 0 Å². The molecular formula is C13H15NO. The van der Waals surface area contributed by atoms with Crippen molar-refractivity contribution in [2.24, 2.45) is 5.73 Å². The van der Waals surface area contributed by atoms with Crippen LogP contribution in [0.1, 0.15) is 18.0 Å². The summed E-state index contributed by atoms with van der Waals surface area (Å²) in [7, 11) is 0. The van der Waals surface area contributed by atoms with Gasteiger partial charge in [0.2, 0.25) is 0 Å². The van der Waals surface area contributed by atoms with E-state index in [2.05, 4.69) is 24.3 Å². The van der Waals surface area contributed by atoms with Crippen LogP contribution >= 0.6 is 0 Å². The Kier molecular flexibility index (Phi) is 2.99. The number of hydrogen-bond acceptors (Lipinski definition) is 2. The molecule has 0 saturated carbocycles. The highest BCUT2D eigenvalue weighted by Gasteiger charge is 2.05. The van der Waals surface area contributed by atoms with E-state index in [0.717, 1.165) is 5.56 Å². The van der Waals surface area contributed by atoms with Gasteiger partial charge < -0.3 is 10.8 Å². The molecule has 0 fully saturated rings. The van der Waals surface area contributed by atoms with Crippen molar-refractivity contribution in [3.05, 3.63) is 48.0 Å². The lowest BCUT2D eigenvalue weighted by atomic mass is 10.0. The number of rotatable bonds is 3. The largest absolute Gasteiger partial charge is 0.396 e. The van der Waals surface area contributed by atoms with Crippen molar-refractivity contribution < 1.29 is 5.11 Å². The van der Waals surface area contributed by atoms with Crippen LogP contribution in [0.4, 0.5) is 0 Å². The molecule has 0 aliphatic rings. The SMILES string of the molecule is N[C@H](CCO)c1ccc2ccccc2c1. The average Bonchev–Trinajstić information content (AvgIpc) is 2.29. The third-order valence-corrected chi connectivity index (χ3v) is 2.64. The second-order valence-corrected chi connectivity index (χ2v) is 3.73. The van der Waals surface area contributed by atoms with Gasteiger partial charge in [-0.15, -0.1) is 0 Å². The van der Waals surface area contributed by atoms with E-state index in [0.29, 0.717) is 6.42 Å². The van der Waals surface area contributed by atoms with Gasteiger partial charge in [0, 0.05) is 12.6 Å². The van der Waals surface area contributed by atoms with Crippen LogP contribution in [0.15, 0.2) is 42.5 Å². The van der Waals surface area contributed by atoms with Gasteiger partial charge in [0.15, 0.2) is 0 Å². The summed E-state index contributed by atoms with van der Waals surface area (Å²) in [6, 6.07) is 14.3. The molecule has 0 amide bonds. The molecule has 2 rings (SSSR count). The van der Waals surface area contributed by atoms with Crippen LogP contribution in [0, 0.1) is 0 Å². The minimum absolute atomic E-state index is 0.0698. The molecule has 1 atom stereocenters. The summed E-state index contributed by atoms with van der Waals surface area (Å²) in [5.41, 5.74) is 7.02. The van der Waals surface area contributed by atoms with Crippen LogP contribution in [0.3, 0.4) is 0 Å². The quantitative estimate of drug-likeness (QED) is 0.799. The molecule has 0 bridgehead atoms. The van der Waals surface area contributed by atoms with Crippen molar-refractivity contribution in [2.75, 3.05) is 6.61 Å². The van der Waals surface area contributed by atoms with Crippen LogP contribution in [-0.2, 0) is 0 Å². The predicted molar refractivity (Wildman–Crippen MR) is 62.6 cm³/mol. The van der Waals surface area contributed by atoms with E-state index in [9.17, 15) is 0 Å². The zero-order chi connectivity index (χ0) is 10.7. The second kappa shape index (κ2) is 4.43. The molecule has 2 aromatic carbocycles. The molecule has 3 N–H and O–H groups in total. The van der Waals surface area contributed by atoms with Crippen molar-refractivity contribution in [2.45, 2.75) is 12.5 Å². The molecule has 2 aromatic rings. The fourth-order valence-corrected chi connectivity index (χ4v) is 1.74. The van der Waals surface area contributed by atoms with Gasteiger partial charge in [0.1, 0.15) is 0 Å². The fraction of sp³-hybridized carbons (Fsp3) is 0.231. The number of fused-ring (bicyclic) bond motifs is 1. The van der Waals surface area contributed by atoms with E-state index in [1.807, 2.05) is 18.2 Å². The van der Waals surface area contributed by atoms with E-state index in [-0.39, 0.29) is 12.6 Å². The van der Waals surface area contributed by atoms with Crippen molar-refractivity contribution in [1.82, 2.24) is 0 Å². The predicted octanol–water partition coefficient (Wildman–Crippen LogP) is 2.22. The summed E-state index contributed by atoms with van der Waals surface area (Å²) in [5, 5.41) is 11.2. The minimum Gasteiger partial charge on any atom is -0.396 e. The first-order chi connectivity index (χ1) is 7.31. The number of aliphatic hydroxyl groups excluding tert-OH is 1. The Labute approximate surface area is 89.3 Å². The Bertz CT molecular complexity index is 453. The molecular weight excluding hydrogens is 186 g/mol. The second-order valence-electron chi connectivity index (χ2n) is 3.73. The lowest BCUT2D eigenvalue weighted by Crippen LogP contribution is -2.11. The van der Waals surface area contributed by atoms with Crippen molar-refractivity contribution in [3.8, 4) is 0 Å². The van der Waals surface area contributed by atoms with Crippen molar-refractivity contribution in [3.63, 3.8) is 0 Å². The third kappa shape index (κ3) is 2.17. The smallest absolute Gasteiger partial charge is 0.0449 e. The summed E-state index contributed by atoms with van der Waals surface area (Å²) in [6.07, 6.45) is 0.609. The molecule has 0 saturated heterocycles.